The molecule has 0 spiro atoms. The summed E-state index contributed by atoms with van der Waals surface area (Å²) in [6.45, 7) is 19.8. The summed E-state index contributed by atoms with van der Waals surface area (Å²) in [5.41, 5.74) is 2.44. The average molecular weight is 154 g/mol. The molecule has 0 aromatic carbocycles. The maximum absolute atomic E-state index is 3.72. The summed E-state index contributed by atoms with van der Waals surface area (Å²) < 4.78 is 0. The van der Waals surface area contributed by atoms with Gasteiger partial charge in [-0.2, -0.15) is 0 Å². The molecule has 0 aliphatic heterocycles. The van der Waals surface area contributed by atoms with Crippen LogP contribution in [0.2, 0.25) is 0 Å². The molecule has 0 bridgehead atoms. The van der Waals surface area contributed by atoms with Gasteiger partial charge < -0.3 is 0 Å². The zero-order valence-corrected chi connectivity index (χ0v) is 8.70. The highest BCUT2D eigenvalue weighted by molar-refractivity contribution is 5.15. The summed E-state index contributed by atoms with van der Waals surface area (Å²) in [5, 5.41) is 0. The van der Waals surface area contributed by atoms with Gasteiger partial charge in [-0.3, -0.25) is 0 Å². The second-order valence-corrected chi connectivity index (χ2v) is 2.07. The van der Waals surface area contributed by atoms with Gasteiger partial charge in [0.2, 0.25) is 0 Å². The molecular weight excluding hydrogens is 132 g/mol. The van der Waals surface area contributed by atoms with E-state index in [4.69, 9.17) is 0 Å². The molecule has 0 radical (unpaired) electrons. The minimum atomic E-state index is 1.12. The van der Waals surface area contributed by atoms with Crippen LogP contribution in [-0.2, 0) is 0 Å². The number of rotatable bonds is 1. The molecule has 0 saturated carbocycles. The topological polar surface area (TPSA) is 0 Å². The maximum atomic E-state index is 3.72. The van der Waals surface area contributed by atoms with Crippen LogP contribution in [0.15, 0.2) is 37.0 Å². The zero-order chi connectivity index (χ0) is 9.86. The minimum Gasteiger partial charge on any atom is -0.106 e. The van der Waals surface area contributed by atoms with Crippen LogP contribution in [0.25, 0.3) is 0 Å². The summed E-state index contributed by atoms with van der Waals surface area (Å²) in [7, 11) is 0. The zero-order valence-electron chi connectivity index (χ0n) is 8.70. The molecule has 0 unspecified atom stereocenters. The predicted molar refractivity (Wildman–Crippen MR) is 56.8 cm³/mol. The summed E-state index contributed by atoms with van der Waals surface area (Å²) >= 11 is 0. The molecule has 0 aromatic heterocycles. The third-order valence-electron chi connectivity index (χ3n) is 0.535. The van der Waals surface area contributed by atoms with Gasteiger partial charge in [-0.1, -0.05) is 37.6 Å². The largest absolute Gasteiger partial charge is 0.106 e. The SMILES string of the molecule is C=C.C=C(C)C=C(C)C.CC. The first-order valence-corrected chi connectivity index (χ1v) is 3.93. The van der Waals surface area contributed by atoms with Crippen molar-refractivity contribution in [2.45, 2.75) is 34.6 Å². The summed E-state index contributed by atoms with van der Waals surface area (Å²) in [5.74, 6) is 0. The van der Waals surface area contributed by atoms with Gasteiger partial charge in [0, 0.05) is 0 Å². The van der Waals surface area contributed by atoms with Crippen molar-refractivity contribution < 1.29 is 0 Å². The second-order valence-electron chi connectivity index (χ2n) is 2.07. The molecule has 0 fully saturated rings. The summed E-state index contributed by atoms with van der Waals surface area (Å²) in [6, 6.07) is 0. The van der Waals surface area contributed by atoms with E-state index in [2.05, 4.69) is 39.7 Å². The molecule has 0 heterocycles. The first kappa shape index (κ1) is 16.7. The van der Waals surface area contributed by atoms with E-state index < -0.39 is 0 Å². The number of hydrogen-bond acceptors (Lipinski definition) is 0. The summed E-state index contributed by atoms with van der Waals surface area (Å²) in [6.07, 6.45) is 2.06. The highest BCUT2D eigenvalue weighted by atomic mass is 13.8. The van der Waals surface area contributed by atoms with Gasteiger partial charge in [0.25, 0.3) is 0 Å². The van der Waals surface area contributed by atoms with E-state index in [1.807, 2.05) is 20.8 Å². The molecule has 0 heteroatoms. The van der Waals surface area contributed by atoms with Gasteiger partial charge in [-0.25, -0.2) is 0 Å². The van der Waals surface area contributed by atoms with Crippen molar-refractivity contribution in [1.29, 1.82) is 0 Å². The second kappa shape index (κ2) is 16.1. The van der Waals surface area contributed by atoms with E-state index in [-0.39, 0.29) is 0 Å². The van der Waals surface area contributed by atoms with Gasteiger partial charge in [0.15, 0.2) is 0 Å². The molecule has 0 N–H and O–H groups in total. The maximum Gasteiger partial charge on any atom is -0.0404 e. The van der Waals surface area contributed by atoms with Crippen LogP contribution in [0.3, 0.4) is 0 Å². The van der Waals surface area contributed by atoms with Crippen molar-refractivity contribution in [3.8, 4) is 0 Å². The fraction of sp³-hybridized carbons (Fsp3) is 0.455. The minimum absolute atomic E-state index is 1.12. The molecule has 0 amide bonds. The van der Waals surface area contributed by atoms with Crippen LogP contribution in [0.4, 0.5) is 0 Å². The van der Waals surface area contributed by atoms with Gasteiger partial charge in [0.1, 0.15) is 0 Å². The Balaban J connectivity index is -0.000000138. The fourth-order valence-electron chi connectivity index (χ4n) is 0.493. The van der Waals surface area contributed by atoms with E-state index in [1.165, 1.54) is 5.57 Å². The Bertz CT molecular complexity index is 103. The Labute approximate surface area is 72.3 Å². The Morgan fingerprint density at radius 3 is 1.27 bits per heavy atom. The Kier molecular flexibility index (Phi) is 24.4. The molecule has 0 nitrogen and oxygen atoms in total. The van der Waals surface area contributed by atoms with Crippen molar-refractivity contribution in [1.82, 2.24) is 0 Å². The lowest BCUT2D eigenvalue weighted by Gasteiger charge is -1.85. The number of hydrogen-bond donors (Lipinski definition) is 0. The van der Waals surface area contributed by atoms with Crippen LogP contribution in [-0.4, -0.2) is 0 Å². The van der Waals surface area contributed by atoms with E-state index in [0.29, 0.717) is 0 Å². The lowest BCUT2D eigenvalue weighted by Crippen LogP contribution is -1.64. The van der Waals surface area contributed by atoms with Gasteiger partial charge >= 0.3 is 0 Å². The number of allylic oxidation sites excluding steroid dienone is 3. The first-order chi connectivity index (χ1) is 5.13. The van der Waals surface area contributed by atoms with Crippen LogP contribution in [0.5, 0.6) is 0 Å². The van der Waals surface area contributed by atoms with E-state index >= 15 is 0 Å². The summed E-state index contributed by atoms with van der Waals surface area (Å²) in [4.78, 5) is 0. The van der Waals surface area contributed by atoms with Crippen LogP contribution >= 0.6 is 0 Å². The molecule has 66 valence electrons. The van der Waals surface area contributed by atoms with Crippen LogP contribution < -0.4 is 0 Å². The predicted octanol–water partition coefficient (Wildman–Crippen LogP) is 4.36. The molecule has 0 aliphatic carbocycles. The Morgan fingerprint density at radius 1 is 1.00 bits per heavy atom. The van der Waals surface area contributed by atoms with Crippen molar-refractivity contribution >= 4 is 0 Å². The van der Waals surface area contributed by atoms with Crippen molar-refractivity contribution in [2.75, 3.05) is 0 Å². The van der Waals surface area contributed by atoms with Gasteiger partial charge in [-0.15, -0.1) is 13.2 Å². The van der Waals surface area contributed by atoms with Crippen molar-refractivity contribution in [3.05, 3.63) is 37.0 Å². The molecule has 0 aliphatic rings. The molecular formula is C11H22. The highest BCUT2D eigenvalue weighted by Crippen LogP contribution is 1.95. The normalized spacial score (nSPS) is 5.91. The standard InChI is InChI=1S/C7H12.C2H6.C2H4/c1-6(2)5-7(3)4;2*1-2/h5H,1H2,2-4H3;1-2H3;1-2H2. The third-order valence-corrected chi connectivity index (χ3v) is 0.535. The van der Waals surface area contributed by atoms with Gasteiger partial charge in [0.05, 0.1) is 0 Å². The monoisotopic (exact) mass is 154 g/mol. The molecule has 0 saturated heterocycles. The lowest BCUT2D eigenvalue weighted by atomic mass is 10.2. The fourth-order valence-corrected chi connectivity index (χ4v) is 0.493. The molecule has 11 heavy (non-hydrogen) atoms. The van der Waals surface area contributed by atoms with Gasteiger partial charge in [-0.05, 0) is 20.8 Å². The van der Waals surface area contributed by atoms with Crippen LogP contribution in [0.1, 0.15) is 34.6 Å². The van der Waals surface area contributed by atoms with E-state index in [0.717, 1.165) is 5.57 Å². The smallest absolute Gasteiger partial charge is 0.0404 e. The highest BCUT2D eigenvalue weighted by Gasteiger charge is 1.73. The lowest BCUT2D eigenvalue weighted by molar-refractivity contribution is 1.36. The Morgan fingerprint density at radius 2 is 1.27 bits per heavy atom. The van der Waals surface area contributed by atoms with Crippen molar-refractivity contribution in [2.24, 2.45) is 0 Å². The third kappa shape index (κ3) is 46.4. The van der Waals surface area contributed by atoms with E-state index in [9.17, 15) is 0 Å². The van der Waals surface area contributed by atoms with Crippen molar-refractivity contribution in [3.63, 3.8) is 0 Å². The molecule has 0 aromatic rings. The quantitative estimate of drug-likeness (QED) is 0.389. The molecule has 0 atom stereocenters. The Hall–Kier alpha value is -0.780. The molecule has 0 rings (SSSR count). The van der Waals surface area contributed by atoms with Crippen LogP contribution in [0, 0.1) is 0 Å². The average Bonchev–Trinajstić information content (AvgIpc) is 1.93. The first-order valence-electron chi connectivity index (χ1n) is 3.93. The van der Waals surface area contributed by atoms with E-state index in [1.54, 1.807) is 0 Å².